The molecule has 0 saturated carbocycles. The highest BCUT2D eigenvalue weighted by atomic mass is 35.5. The number of nitrogens with one attached hydrogen (secondary N) is 2. The summed E-state index contributed by atoms with van der Waals surface area (Å²) in [5.74, 6) is -0.329. The molecule has 0 unspecified atom stereocenters. The predicted octanol–water partition coefficient (Wildman–Crippen LogP) is 3.75. The van der Waals surface area contributed by atoms with Gasteiger partial charge in [0, 0.05) is 18.3 Å². The Kier molecular flexibility index (Phi) is 7.15. The van der Waals surface area contributed by atoms with E-state index >= 15 is 0 Å². The standard InChI is InChI=1S/C15H17N3O3S.ClH/c1-3-16-9-11-6-4-5-7-12(11)17-15(19)14-8-13(18(20)21)10(2)22-14;/h4-8,16H,3,9H2,1-2H3,(H,17,19);1H. The molecule has 0 aliphatic rings. The topological polar surface area (TPSA) is 84.3 Å². The highest BCUT2D eigenvalue weighted by Crippen LogP contribution is 2.29. The molecule has 0 fully saturated rings. The van der Waals surface area contributed by atoms with Crippen LogP contribution in [0.2, 0.25) is 0 Å². The minimum atomic E-state index is -0.471. The maximum absolute atomic E-state index is 12.3. The third kappa shape index (κ3) is 4.75. The number of rotatable bonds is 6. The third-order valence-corrected chi connectivity index (χ3v) is 4.18. The van der Waals surface area contributed by atoms with Gasteiger partial charge in [-0.15, -0.1) is 23.7 Å². The lowest BCUT2D eigenvalue weighted by Crippen LogP contribution is -2.16. The lowest BCUT2D eigenvalue weighted by molar-refractivity contribution is -0.385. The maximum atomic E-state index is 12.3. The van der Waals surface area contributed by atoms with Crippen LogP contribution >= 0.6 is 23.7 Å². The summed E-state index contributed by atoms with van der Waals surface area (Å²) in [5.41, 5.74) is 1.67. The number of hydrogen-bond donors (Lipinski definition) is 2. The van der Waals surface area contributed by atoms with E-state index in [9.17, 15) is 14.9 Å². The van der Waals surface area contributed by atoms with E-state index in [-0.39, 0.29) is 24.0 Å². The minimum Gasteiger partial charge on any atom is -0.321 e. The Hall–Kier alpha value is -1.96. The summed E-state index contributed by atoms with van der Waals surface area (Å²) in [6, 6.07) is 8.82. The molecule has 1 aromatic carbocycles. The van der Waals surface area contributed by atoms with Crippen LogP contribution in [0.3, 0.4) is 0 Å². The molecule has 0 aliphatic carbocycles. The van der Waals surface area contributed by atoms with Crippen molar-refractivity contribution in [1.29, 1.82) is 0 Å². The molecule has 6 nitrogen and oxygen atoms in total. The lowest BCUT2D eigenvalue weighted by atomic mass is 10.1. The second-order valence-electron chi connectivity index (χ2n) is 4.70. The van der Waals surface area contributed by atoms with Crippen LogP contribution < -0.4 is 10.6 Å². The van der Waals surface area contributed by atoms with Crippen molar-refractivity contribution in [3.63, 3.8) is 0 Å². The molecule has 8 heteroatoms. The molecule has 0 saturated heterocycles. The number of nitrogens with zero attached hydrogens (tertiary/aromatic N) is 1. The van der Waals surface area contributed by atoms with E-state index < -0.39 is 4.92 Å². The Morgan fingerprint density at radius 3 is 2.65 bits per heavy atom. The molecule has 124 valence electrons. The van der Waals surface area contributed by atoms with Crippen LogP contribution in [0.4, 0.5) is 11.4 Å². The van der Waals surface area contributed by atoms with Crippen LogP contribution in [0.15, 0.2) is 30.3 Å². The van der Waals surface area contributed by atoms with Gasteiger partial charge >= 0.3 is 0 Å². The molecule has 0 bridgehead atoms. The first-order valence-corrected chi connectivity index (χ1v) is 7.69. The summed E-state index contributed by atoms with van der Waals surface area (Å²) in [4.78, 5) is 23.5. The highest BCUT2D eigenvalue weighted by molar-refractivity contribution is 7.14. The van der Waals surface area contributed by atoms with Crippen LogP contribution in [0, 0.1) is 17.0 Å². The van der Waals surface area contributed by atoms with E-state index in [2.05, 4.69) is 10.6 Å². The predicted molar refractivity (Wildman–Crippen MR) is 94.7 cm³/mol. The average molecular weight is 356 g/mol. The number of aryl methyl sites for hydroxylation is 1. The second-order valence-corrected chi connectivity index (χ2v) is 5.96. The van der Waals surface area contributed by atoms with Crippen LogP contribution in [-0.2, 0) is 6.54 Å². The zero-order chi connectivity index (χ0) is 16.1. The van der Waals surface area contributed by atoms with Crippen molar-refractivity contribution in [2.75, 3.05) is 11.9 Å². The van der Waals surface area contributed by atoms with Gasteiger partial charge in [0.1, 0.15) is 0 Å². The fraction of sp³-hybridized carbons (Fsp3) is 0.267. The molecule has 1 aromatic heterocycles. The van der Waals surface area contributed by atoms with E-state index in [0.717, 1.165) is 23.4 Å². The van der Waals surface area contributed by atoms with Crippen molar-refractivity contribution in [3.8, 4) is 0 Å². The number of halogens is 1. The number of carbonyl (C=O) groups is 1. The Morgan fingerprint density at radius 1 is 1.35 bits per heavy atom. The molecular formula is C15H18ClN3O3S. The van der Waals surface area contributed by atoms with E-state index in [1.165, 1.54) is 6.07 Å². The summed E-state index contributed by atoms with van der Waals surface area (Å²) in [6.07, 6.45) is 0. The van der Waals surface area contributed by atoms with E-state index in [4.69, 9.17) is 0 Å². The number of carbonyl (C=O) groups excluding carboxylic acids is 1. The zero-order valence-corrected chi connectivity index (χ0v) is 14.4. The van der Waals surface area contributed by atoms with Crippen molar-refractivity contribution in [3.05, 3.63) is 55.8 Å². The first-order valence-electron chi connectivity index (χ1n) is 6.87. The monoisotopic (exact) mass is 355 g/mol. The Balaban J connectivity index is 0.00000264. The van der Waals surface area contributed by atoms with Gasteiger partial charge in [-0.2, -0.15) is 0 Å². The molecule has 0 spiro atoms. The van der Waals surface area contributed by atoms with Gasteiger partial charge in [0.05, 0.1) is 14.7 Å². The van der Waals surface area contributed by atoms with Crippen molar-refractivity contribution in [2.24, 2.45) is 0 Å². The normalized spacial score (nSPS) is 10.0. The summed E-state index contributed by atoms with van der Waals surface area (Å²) >= 11 is 1.12. The quantitative estimate of drug-likeness (QED) is 0.610. The second kappa shape index (κ2) is 8.61. The van der Waals surface area contributed by atoms with Gasteiger partial charge in [0.25, 0.3) is 11.6 Å². The van der Waals surface area contributed by atoms with E-state index in [1.807, 2.05) is 31.2 Å². The molecule has 1 heterocycles. The van der Waals surface area contributed by atoms with Gasteiger partial charge in [-0.3, -0.25) is 14.9 Å². The number of thiophene rings is 1. The molecule has 0 aliphatic heterocycles. The Morgan fingerprint density at radius 2 is 2.04 bits per heavy atom. The van der Waals surface area contributed by atoms with Crippen molar-refractivity contribution >= 4 is 41.0 Å². The first kappa shape index (κ1) is 19.1. The molecular weight excluding hydrogens is 338 g/mol. The highest BCUT2D eigenvalue weighted by Gasteiger charge is 2.20. The molecule has 2 aromatic rings. The summed E-state index contributed by atoms with van der Waals surface area (Å²) in [6.45, 7) is 5.13. The van der Waals surface area contributed by atoms with Crippen LogP contribution in [0.1, 0.15) is 27.0 Å². The fourth-order valence-corrected chi connectivity index (χ4v) is 2.89. The Labute approximate surface area is 144 Å². The molecule has 2 N–H and O–H groups in total. The van der Waals surface area contributed by atoms with Gasteiger partial charge in [0.15, 0.2) is 0 Å². The van der Waals surface area contributed by atoms with Crippen LogP contribution in [-0.4, -0.2) is 17.4 Å². The molecule has 1 amide bonds. The maximum Gasteiger partial charge on any atom is 0.283 e. The van der Waals surface area contributed by atoms with Gasteiger partial charge < -0.3 is 10.6 Å². The first-order chi connectivity index (χ1) is 10.5. The summed E-state index contributed by atoms with van der Waals surface area (Å²) in [5, 5.41) is 16.9. The fourth-order valence-electron chi connectivity index (χ4n) is 2.01. The van der Waals surface area contributed by atoms with E-state index in [0.29, 0.717) is 22.0 Å². The number of para-hydroxylation sites is 1. The number of hydrogen-bond acceptors (Lipinski definition) is 5. The molecule has 2 rings (SSSR count). The van der Waals surface area contributed by atoms with Crippen LogP contribution in [0.25, 0.3) is 0 Å². The third-order valence-electron chi connectivity index (χ3n) is 3.14. The van der Waals surface area contributed by atoms with Gasteiger partial charge in [-0.25, -0.2) is 0 Å². The lowest BCUT2D eigenvalue weighted by Gasteiger charge is -2.10. The van der Waals surface area contributed by atoms with Gasteiger partial charge in [0.2, 0.25) is 0 Å². The van der Waals surface area contributed by atoms with Crippen molar-refractivity contribution in [1.82, 2.24) is 5.32 Å². The largest absolute Gasteiger partial charge is 0.321 e. The molecule has 0 radical (unpaired) electrons. The number of benzene rings is 1. The number of anilines is 1. The van der Waals surface area contributed by atoms with Gasteiger partial charge in [-0.05, 0) is 25.1 Å². The summed E-state index contributed by atoms with van der Waals surface area (Å²) < 4.78 is 0. The SMILES string of the molecule is CCNCc1ccccc1NC(=O)c1cc([N+](=O)[O-])c(C)s1.Cl. The molecule has 23 heavy (non-hydrogen) atoms. The van der Waals surface area contributed by atoms with Crippen LogP contribution in [0.5, 0.6) is 0 Å². The summed E-state index contributed by atoms with van der Waals surface area (Å²) in [7, 11) is 0. The number of amides is 1. The zero-order valence-electron chi connectivity index (χ0n) is 12.8. The van der Waals surface area contributed by atoms with Crippen molar-refractivity contribution in [2.45, 2.75) is 20.4 Å². The minimum absolute atomic E-state index is 0. The Bertz CT molecular complexity index is 703. The number of nitro groups is 1. The smallest absolute Gasteiger partial charge is 0.283 e. The van der Waals surface area contributed by atoms with E-state index in [1.54, 1.807) is 6.92 Å². The van der Waals surface area contributed by atoms with Crippen molar-refractivity contribution < 1.29 is 9.72 Å². The van der Waals surface area contributed by atoms with Gasteiger partial charge in [-0.1, -0.05) is 25.1 Å². The molecule has 0 atom stereocenters. The average Bonchev–Trinajstić information content (AvgIpc) is 2.88.